The summed E-state index contributed by atoms with van der Waals surface area (Å²) in [4.78, 5) is 12.3. The van der Waals surface area contributed by atoms with Crippen LogP contribution in [0.5, 0.6) is 0 Å². The smallest absolute Gasteiger partial charge is 0.252 e. The van der Waals surface area contributed by atoms with Crippen LogP contribution >= 0.6 is 11.6 Å². The van der Waals surface area contributed by atoms with Gasteiger partial charge in [-0.3, -0.25) is 9.36 Å². The Balaban J connectivity index is 1.60. The molecule has 23 heavy (non-hydrogen) atoms. The zero-order valence-corrected chi connectivity index (χ0v) is 13.6. The van der Waals surface area contributed by atoms with Crippen molar-refractivity contribution in [3.05, 3.63) is 53.1 Å². The van der Waals surface area contributed by atoms with E-state index in [1.54, 1.807) is 29.4 Å². The molecular weight excluding hydrogens is 312 g/mol. The Hall–Kier alpha value is -2.14. The molecule has 0 spiro atoms. The van der Waals surface area contributed by atoms with Crippen molar-refractivity contribution in [1.82, 2.24) is 20.1 Å². The van der Waals surface area contributed by atoms with E-state index in [4.69, 9.17) is 11.6 Å². The van der Waals surface area contributed by atoms with Crippen LogP contribution in [0.15, 0.2) is 42.5 Å². The van der Waals surface area contributed by atoms with Gasteiger partial charge in [-0.15, -0.1) is 10.2 Å². The Labute approximate surface area is 140 Å². The monoisotopic (exact) mass is 330 g/mol. The number of allylic oxidation sites excluding steroid dienone is 1. The lowest BCUT2D eigenvalue weighted by Crippen LogP contribution is -2.25. The Morgan fingerprint density at radius 2 is 2.09 bits per heavy atom. The maximum atomic E-state index is 12.3. The topological polar surface area (TPSA) is 59.8 Å². The summed E-state index contributed by atoms with van der Waals surface area (Å²) in [5.74, 6) is -0.137. The van der Waals surface area contributed by atoms with E-state index in [0.29, 0.717) is 17.1 Å². The molecule has 1 N–H and O–H groups in total. The molecule has 1 aliphatic rings. The highest BCUT2D eigenvalue weighted by molar-refractivity contribution is 6.34. The van der Waals surface area contributed by atoms with Crippen molar-refractivity contribution in [3.63, 3.8) is 0 Å². The zero-order valence-electron chi connectivity index (χ0n) is 12.8. The van der Waals surface area contributed by atoms with Crippen LogP contribution in [0.4, 0.5) is 0 Å². The van der Waals surface area contributed by atoms with E-state index < -0.39 is 0 Å². The first-order valence-corrected chi connectivity index (χ1v) is 8.22. The molecule has 0 unspecified atom stereocenters. The van der Waals surface area contributed by atoms with E-state index >= 15 is 0 Å². The molecule has 6 heteroatoms. The van der Waals surface area contributed by atoms with Crippen LogP contribution < -0.4 is 5.32 Å². The molecule has 1 amide bonds. The molecule has 0 saturated carbocycles. The average molecular weight is 331 g/mol. The quantitative estimate of drug-likeness (QED) is 0.853. The molecule has 0 atom stereocenters. The van der Waals surface area contributed by atoms with Crippen LogP contribution in [0.2, 0.25) is 5.02 Å². The van der Waals surface area contributed by atoms with Gasteiger partial charge in [0.15, 0.2) is 0 Å². The Kier molecular flexibility index (Phi) is 5.08. The van der Waals surface area contributed by atoms with E-state index in [0.717, 1.165) is 18.5 Å². The summed E-state index contributed by atoms with van der Waals surface area (Å²) < 4.78 is 1.74. The van der Waals surface area contributed by atoms with Crippen LogP contribution in [-0.2, 0) is 0 Å². The molecule has 0 radical (unpaired) electrons. The molecule has 0 bridgehead atoms. The number of carbonyl (C=O) groups excluding carboxylic acids is 1. The van der Waals surface area contributed by atoms with Gasteiger partial charge in [0.05, 0.1) is 10.6 Å². The van der Waals surface area contributed by atoms with Crippen molar-refractivity contribution in [2.24, 2.45) is 0 Å². The van der Waals surface area contributed by atoms with Crippen LogP contribution in [0.3, 0.4) is 0 Å². The summed E-state index contributed by atoms with van der Waals surface area (Å²) in [5.41, 5.74) is 2.76. The first kappa shape index (κ1) is 15.7. The minimum absolute atomic E-state index is 0.137. The second-order valence-electron chi connectivity index (χ2n) is 5.65. The summed E-state index contributed by atoms with van der Waals surface area (Å²) in [6.07, 6.45) is 11.3. The zero-order chi connectivity index (χ0) is 16.1. The van der Waals surface area contributed by atoms with Gasteiger partial charge in [-0.2, -0.15) is 0 Å². The molecule has 1 heterocycles. The third-order valence-corrected chi connectivity index (χ3v) is 4.34. The van der Waals surface area contributed by atoms with Crippen LogP contribution in [-0.4, -0.2) is 27.2 Å². The number of rotatable bonds is 5. The maximum Gasteiger partial charge on any atom is 0.252 e. The molecule has 1 aliphatic carbocycles. The van der Waals surface area contributed by atoms with Crippen LogP contribution in [0, 0.1) is 0 Å². The number of nitrogens with zero attached hydrogens (tertiary/aromatic N) is 3. The van der Waals surface area contributed by atoms with Gasteiger partial charge >= 0.3 is 0 Å². The largest absolute Gasteiger partial charge is 0.352 e. The van der Waals surface area contributed by atoms with Gasteiger partial charge in [-0.05, 0) is 50.3 Å². The third-order valence-electron chi connectivity index (χ3n) is 4.03. The van der Waals surface area contributed by atoms with Crippen molar-refractivity contribution in [3.8, 4) is 5.69 Å². The highest BCUT2D eigenvalue weighted by Gasteiger charge is 2.12. The predicted molar refractivity (Wildman–Crippen MR) is 89.9 cm³/mol. The minimum atomic E-state index is -0.137. The van der Waals surface area contributed by atoms with Crippen molar-refractivity contribution in [1.29, 1.82) is 0 Å². The van der Waals surface area contributed by atoms with E-state index in [-0.39, 0.29) is 5.91 Å². The first-order valence-electron chi connectivity index (χ1n) is 7.85. The molecule has 120 valence electrons. The molecule has 3 rings (SSSR count). The second-order valence-corrected chi connectivity index (χ2v) is 6.05. The lowest BCUT2D eigenvalue weighted by Gasteiger charge is -2.13. The number of carbonyl (C=O) groups is 1. The fourth-order valence-electron chi connectivity index (χ4n) is 2.75. The number of benzene rings is 1. The van der Waals surface area contributed by atoms with Crippen LogP contribution in [0.1, 0.15) is 42.5 Å². The highest BCUT2D eigenvalue weighted by atomic mass is 35.5. The van der Waals surface area contributed by atoms with Gasteiger partial charge in [0.25, 0.3) is 5.91 Å². The molecule has 1 aromatic carbocycles. The molecule has 0 aliphatic heterocycles. The number of hydrogen-bond acceptors (Lipinski definition) is 3. The highest BCUT2D eigenvalue weighted by Crippen LogP contribution is 2.21. The second kappa shape index (κ2) is 7.42. The SMILES string of the molecule is O=C(NCCC1=CCCCC1)c1ccc(-n2cnnc2)cc1Cl. The molecule has 5 nitrogen and oxygen atoms in total. The fraction of sp³-hybridized carbons (Fsp3) is 0.353. The lowest BCUT2D eigenvalue weighted by molar-refractivity contribution is 0.0954. The van der Waals surface area contributed by atoms with Crippen molar-refractivity contribution in [2.75, 3.05) is 6.54 Å². The van der Waals surface area contributed by atoms with Gasteiger partial charge in [0.1, 0.15) is 12.7 Å². The van der Waals surface area contributed by atoms with E-state index in [1.165, 1.54) is 24.8 Å². The van der Waals surface area contributed by atoms with Gasteiger partial charge in [0.2, 0.25) is 0 Å². The van der Waals surface area contributed by atoms with Crippen molar-refractivity contribution >= 4 is 17.5 Å². The fourth-order valence-corrected chi connectivity index (χ4v) is 3.01. The number of aromatic nitrogens is 3. The maximum absolute atomic E-state index is 12.3. The van der Waals surface area contributed by atoms with E-state index in [2.05, 4.69) is 21.6 Å². The van der Waals surface area contributed by atoms with Crippen molar-refractivity contribution in [2.45, 2.75) is 32.1 Å². The number of halogens is 1. The van der Waals surface area contributed by atoms with Crippen molar-refractivity contribution < 1.29 is 4.79 Å². The number of nitrogens with one attached hydrogen (secondary N) is 1. The van der Waals surface area contributed by atoms with E-state index in [1.807, 2.05) is 6.07 Å². The van der Waals surface area contributed by atoms with Gasteiger partial charge in [-0.25, -0.2) is 0 Å². The molecule has 0 fully saturated rings. The number of hydrogen-bond donors (Lipinski definition) is 1. The van der Waals surface area contributed by atoms with E-state index in [9.17, 15) is 4.79 Å². The Morgan fingerprint density at radius 1 is 1.26 bits per heavy atom. The summed E-state index contributed by atoms with van der Waals surface area (Å²) >= 11 is 6.24. The summed E-state index contributed by atoms with van der Waals surface area (Å²) in [7, 11) is 0. The van der Waals surface area contributed by atoms with Gasteiger partial charge in [-0.1, -0.05) is 23.3 Å². The average Bonchev–Trinajstić information content (AvgIpc) is 3.10. The lowest BCUT2D eigenvalue weighted by atomic mass is 9.97. The summed E-state index contributed by atoms with van der Waals surface area (Å²) in [5, 5.41) is 10.9. The molecule has 1 aromatic heterocycles. The van der Waals surface area contributed by atoms with Gasteiger partial charge < -0.3 is 5.32 Å². The third kappa shape index (κ3) is 3.99. The minimum Gasteiger partial charge on any atom is -0.352 e. The first-order chi connectivity index (χ1) is 11.2. The molecular formula is C17H19ClN4O. The normalized spacial score (nSPS) is 14.4. The van der Waals surface area contributed by atoms with Gasteiger partial charge in [0, 0.05) is 12.2 Å². The standard InChI is InChI=1S/C17H19ClN4O/c18-16-10-14(22-11-20-21-12-22)6-7-15(16)17(23)19-9-8-13-4-2-1-3-5-13/h4,6-7,10-12H,1-3,5,8-9H2,(H,19,23). The number of amides is 1. The summed E-state index contributed by atoms with van der Waals surface area (Å²) in [6, 6.07) is 5.30. The Morgan fingerprint density at radius 3 is 2.78 bits per heavy atom. The van der Waals surface area contributed by atoms with Crippen LogP contribution in [0.25, 0.3) is 5.69 Å². The summed E-state index contributed by atoms with van der Waals surface area (Å²) in [6.45, 7) is 0.647. The predicted octanol–water partition coefficient (Wildman–Crippen LogP) is 3.54. The molecule has 2 aromatic rings. The Bertz CT molecular complexity index is 709. The molecule has 0 saturated heterocycles.